The van der Waals surface area contributed by atoms with E-state index in [2.05, 4.69) is 61.6 Å². The number of aliphatic hydroxyl groups is 1. The number of aliphatic hydroxyl groups excluding tert-OH is 1. The Morgan fingerprint density at radius 2 is 1.91 bits per heavy atom. The molecule has 0 fully saturated rings. The molecule has 0 unspecified atom stereocenters. The van der Waals surface area contributed by atoms with Crippen LogP contribution in [0.25, 0.3) is 0 Å². The molecule has 0 amide bonds. The minimum Gasteiger partial charge on any atom is -0.473 e. The van der Waals surface area contributed by atoms with E-state index in [0.29, 0.717) is 19.0 Å². The average molecular weight is 440 g/mol. The Balaban J connectivity index is 2.78. The second kappa shape index (κ2) is 7.63. The lowest BCUT2D eigenvalue weighted by atomic mass is 10.2. The molecule has 0 atom stereocenters. The first-order chi connectivity index (χ1) is 9.99. The largest absolute Gasteiger partial charge is 0.473 e. The van der Waals surface area contributed by atoms with Gasteiger partial charge in [0.05, 0.1) is 31.6 Å². The van der Waals surface area contributed by atoms with E-state index in [1.165, 1.54) is 0 Å². The van der Waals surface area contributed by atoms with E-state index in [4.69, 9.17) is 9.16 Å². The van der Waals surface area contributed by atoms with E-state index in [9.17, 15) is 5.11 Å². The molecule has 0 aliphatic rings. The molecule has 1 aromatic heterocycles. The zero-order valence-corrected chi connectivity index (χ0v) is 17.9. The minimum atomic E-state index is -1.76. The summed E-state index contributed by atoms with van der Waals surface area (Å²) >= 11 is 2.18. The quantitative estimate of drug-likeness (QED) is 0.518. The second-order valence-corrected chi connectivity index (χ2v) is 13.1. The highest BCUT2D eigenvalue weighted by atomic mass is 127. The van der Waals surface area contributed by atoms with Crippen molar-refractivity contribution in [3.63, 3.8) is 0 Å². The lowest BCUT2D eigenvalue weighted by molar-refractivity contribution is 0.223. The van der Waals surface area contributed by atoms with Crippen LogP contribution in [0.3, 0.4) is 0 Å². The maximum atomic E-state index is 9.58. The number of rotatable bonds is 7. The Labute approximate surface area is 148 Å². The molecule has 128 valence electrons. The van der Waals surface area contributed by atoms with Crippen molar-refractivity contribution in [1.82, 2.24) is 9.78 Å². The number of ether oxygens (including phenoxy) is 1. The van der Waals surface area contributed by atoms with Gasteiger partial charge in [0, 0.05) is 0 Å². The fraction of sp³-hybridized carbons (Fsp3) is 0.800. The van der Waals surface area contributed by atoms with Crippen LogP contribution in [-0.2, 0) is 17.6 Å². The van der Waals surface area contributed by atoms with Gasteiger partial charge in [-0.05, 0) is 54.6 Å². The highest BCUT2D eigenvalue weighted by Crippen LogP contribution is 2.36. The van der Waals surface area contributed by atoms with Gasteiger partial charge >= 0.3 is 0 Å². The summed E-state index contributed by atoms with van der Waals surface area (Å²) in [4.78, 5) is 0. The van der Waals surface area contributed by atoms with Gasteiger partial charge in [-0.15, -0.1) is 5.10 Å². The summed E-state index contributed by atoms with van der Waals surface area (Å²) in [5.74, 6) is 0.590. The van der Waals surface area contributed by atoms with Crippen LogP contribution in [0.1, 0.15) is 40.3 Å². The molecule has 0 spiro atoms. The summed E-state index contributed by atoms with van der Waals surface area (Å²) in [6.45, 7) is 16.3. The van der Waals surface area contributed by atoms with Gasteiger partial charge in [0.15, 0.2) is 8.32 Å². The molecule has 0 aliphatic heterocycles. The van der Waals surface area contributed by atoms with Crippen molar-refractivity contribution < 1.29 is 14.3 Å². The van der Waals surface area contributed by atoms with E-state index in [1.807, 2.05) is 13.8 Å². The fourth-order valence-corrected chi connectivity index (χ4v) is 3.41. The van der Waals surface area contributed by atoms with Crippen molar-refractivity contribution >= 4 is 30.9 Å². The molecule has 1 heterocycles. The molecule has 0 aliphatic carbocycles. The van der Waals surface area contributed by atoms with E-state index in [0.717, 1.165) is 9.26 Å². The first-order valence-corrected chi connectivity index (χ1v) is 11.6. The molecule has 7 heteroatoms. The van der Waals surface area contributed by atoms with Crippen LogP contribution in [0.15, 0.2) is 0 Å². The maximum absolute atomic E-state index is 9.58. The number of halogens is 1. The third-order valence-corrected chi connectivity index (χ3v) is 9.66. The Kier molecular flexibility index (Phi) is 6.91. The fourth-order valence-electron chi connectivity index (χ4n) is 1.69. The molecule has 0 saturated carbocycles. The van der Waals surface area contributed by atoms with Crippen molar-refractivity contribution in [2.75, 3.05) is 6.61 Å². The van der Waals surface area contributed by atoms with Gasteiger partial charge in [-0.2, -0.15) is 0 Å². The normalized spacial score (nSPS) is 13.0. The molecule has 1 rings (SSSR count). The van der Waals surface area contributed by atoms with Crippen molar-refractivity contribution in [2.24, 2.45) is 0 Å². The minimum absolute atomic E-state index is 0.0488. The van der Waals surface area contributed by atoms with Gasteiger partial charge in [-0.25, -0.2) is 0 Å². The number of aromatic nitrogens is 2. The van der Waals surface area contributed by atoms with Crippen molar-refractivity contribution in [2.45, 2.75) is 72.0 Å². The summed E-state index contributed by atoms with van der Waals surface area (Å²) in [6, 6.07) is 0. The third-order valence-electron chi connectivity index (χ3n) is 4.03. The van der Waals surface area contributed by atoms with Gasteiger partial charge < -0.3 is 14.3 Å². The van der Waals surface area contributed by atoms with Gasteiger partial charge in [0.2, 0.25) is 5.88 Å². The summed E-state index contributed by atoms with van der Waals surface area (Å²) in [6.07, 6.45) is 0.0619. The zero-order chi connectivity index (χ0) is 17.1. The van der Waals surface area contributed by atoms with Gasteiger partial charge in [-0.3, -0.25) is 4.68 Å². The summed E-state index contributed by atoms with van der Waals surface area (Å²) in [5.41, 5.74) is 0.787. The second-order valence-electron chi connectivity index (χ2n) is 7.22. The predicted molar refractivity (Wildman–Crippen MR) is 99.8 cm³/mol. The van der Waals surface area contributed by atoms with E-state index < -0.39 is 8.32 Å². The summed E-state index contributed by atoms with van der Waals surface area (Å²) < 4.78 is 14.5. The number of hydrogen-bond donors (Lipinski definition) is 1. The monoisotopic (exact) mass is 440 g/mol. The zero-order valence-electron chi connectivity index (χ0n) is 14.7. The topological polar surface area (TPSA) is 56.5 Å². The summed E-state index contributed by atoms with van der Waals surface area (Å²) in [7, 11) is -1.76. The van der Waals surface area contributed by atoms with Crippen LogP contribution in [0, 0.1) is 3.57 Å². The molecule has 22 heavy (non-hydrogen) atoms. The Hall–Kier alpha value is -0.123. The molecule has 0 radical (unpaired) electrons. The van der Waals surface area contributed by atoms with Gasteiger partial charge in [0.1, 0.15) is 3.57 Å². The molecule has 0 bridgehead atoms. The van der Waals surface area contributed by atoms with Crippen LogP contribution in [-0.4, -0.2) is 35.9 Å². The SMILES string of the molecule is CC(C)Oc1nn(CCO[Si](C)(C)C(C)(C)C)c(CO)c1I. The van der Waals surface area contributed by atoms with Crippen molar-refractivity contribution in [3.05, 3.63) is 9.26 Å². The first kappa shape index (κ1) is 19.9. The maximum Gasteiger partial charge on any atom is 0.247 e. The average Bonchev–Trinajstić information content (AvgIpc) is 2.63. The first-order valence-electron chi connectivity index (χ1n) is 7.66. The molecule has 1 N–H and O–H groups in total. The van der Waals surface area contributed by atoms with Gasteiger partial charge in [-0.1, -0.05) is 20.8 Å². The van der Waals surface area contributed by atoms with Crippen LogP contribution >= 0.6 is 22.6 Å². The van der Waals surface area contributed by atoms with Gasteiger partial charge in [0.25, 0.3) is 0 Å². The van der Waals surface area contributed by atoms with E-state index in [-0.39, 0.29) is 17.7 Å². The molecular formula is C15H29IN2O3Si. The van der Waals surface area contributed by atoms with Crippen LogP contribution in [0.5, 0.6) is 5.88 Å². The third kappa shape index (κ3) is 4.94. The Morgan fingerprint density at radius 1 is 1.32 bits per heavy atom. The van der Waals surface area contributed by atoms with E-state index >= 15 is 0 Å². The smallest absolute Gasteiger partial charge is 0.247 e. The molecule has 1 aromatic rings. The van der Waals surface area contributed by atoms with Crippen LogP contribution in [0.2, 0.25) is 18.1 Å². The Bertz CT molecular complexity index is 496. The van der Waals surface area contributed by atoms with E-state index in [1.54, 1.807) is 4.68 Å². The highest BCUT2D eigenvalue weighted by Gasteiger charge is 2.37. The molecule has 0 saturated heterocycles. The number of nitrogens with zero attached hydrogens (tertiary/aromatic N) is 2. The highest BCUT2D eigenvalue weighted by molar-refractivity contribution is 14.1. The molecule has 5 nitrogen and oxygen atoms in total. The number of hydrogen-bond acceptors (Lipinski definition) is 4. The van der Waals surface area contributed by atoms with Crippen molar-refractivity contribution in [1.29, 1.82) is 0 Å². The van der Waals surface area contributed by atoms with Crippen LogP contribution < -0.4 is 4.74 Å². The standard InChI is InChI=1S/C15H29IN2O3Si/c1-11(2)21-14-13(16)12(10-19)18(17-14)8-9-20-22(6,7)15(3,4)5/h11,19H,8-10H2,1-7H3. The van der Waals surface area contributed by atoms with Crippen LogP contribution in [0.4, 0.5) is 0 Å². The molecule has 0 aromatic carbocycles. The Morgan fingerprint density at radius 3 is 2.36 bits per heavy atom. The lowest BCUT2D eigenvalue weighted by Crippen LogP contribution is -2.41. The lowest BCUT2D eigenvalue weighted by Gasteiger charge is -2.36. The predicted octanol–water partition coefficient (Wildman–Crippen LogP) is 3.79. The van der Waals surface area contributed by atoms with Crippen molar-refractivity contribution in [3.8, 4) is 5.88 Å². The molecular weight excluding hydrogens is 411 g/mol. The summed E-state index contributed by atoms with van der Waals surface area (Å²) in [5, 5.41) is 14.2.